The van der Waals surface area contributed by atoms with Crippen LogP contribution in [0.1, 0.15) is 37.8 Å². The van der Waals surface area contributed by atoms with Crippen LogP contribution in [0.2, 0.25) is 0 Å². The Labute approximate surface area is 163 Å². The molecular formula is C19H26N6OS. The maximum Gasteiger partial charge on any atom is 0.228 e. The molecule has 8 heteroatoms. The Morgan fingerprint density at radius 1 is 1.11 bits per heavy atom. The minimum atomic E-state index is 0.172. The fourth-order valence-electron chi connectivity index (χ4n) is 3.95. The van der Waals surface area contributed by atoms with Crippen LogP contribution in [0.5, 0.6) is 0 Å². The van der Waals surface area contributed by atoms with Crippen molar-refractivity contribution in [3.05, 3.63) is 29.5 Å². The summed E-state index contributed by atoms with van der Waals surface area (Å²) in [4.78, 5) is 30.0. The Morgan fingerprint density at radius 2 is 1.85 bits per heavy atom. The standard InChI is InChI=1S/C19H26N6OS/c26-17(25-11-9-24(10-12-25)16-5-2-1-3-6-16)13-15-14-27-19(22-15)23-18-20-7-4-8-21-18/h4,7-8,14,16H,1-3,5-6,9-13H2,(H,20,21,22,23). The van der Waals surface area contributed by atoms with Gasteiger partial charge in [0.2, 0.25) is 11.9 Å². The lowest BCUT2D eigenvalue weighted by Crippen LogP contribution is -2.52. The van der Waals surface area contributed by atoms with Crippen molar-refractivity contribution < 1.29 is 4.79 Å². The molecule has 0 atom stereocenters. The van der Waals surface area contributed by atoms with E-state index in [4.69, 9.17) is 0 Å². The van der Waals surface area contributed by atoms with Crippen LogP contribution in [0.15, 0.2) is 23.8 Å². The number of rotatable bonds is 5. The smallest absolute Gasteiger partial charge is 0.228 e. The van der Waals surface area contributed by atoms with Crippen LogP contribution >= 0.6 is 11.3 Å². The van der Waals surface area contributed by atoms with Gasteiger partial charge in [-0.25, -0.2) is 15.0 Å². The Hall–Kier alpha value is -2.06. The number of piperazine rings is 1. The fraction of sp³-hybridized carbons (Fsp3) is 0.579. The summed E-state index contributed by atoms with van der Waals surface area (Å²) in [7, 11) is 0. The van der Waals surface area contributed by atoms with Gasteiger partial charge in [-0.3, -0.25) is 9.69 Å². The van der Waals surface area contributed by atoms with Crippen molar-refractivity contribution in [1.29, 1.82) is 0 Å². The predicted molar refractivity (Wildman–Crippen MR) is 106 cm³/mol. The van der Waals surface area contributed by atoms with Crippen molar-refractivity contribution in [3.63, 3.8) is 0 Å². The zero-order valence-electron chi connectivity index (χ0n) is 15.5. The Balaban J connectivity index is 1.26. The van der Waals surface area contributed by atoms with Gasteiger partial charge in [-0.1, -0.05) is 19.3 Å². The molecule has 2 aromatic rings. The van der Waals surface area contributed by atoms with E-state index in [1.54, 1.807) is 18.5 Å². The highest BCUT2D eigenvalue weighted by molar-refractivity contribution is 7.13. The monoisotopic (exact) mass is 386 g/mol. The van der Waals surface area contributed by atoms with E-state index in [2.05, 4.69) is 25.2 Å². The van der Waals surface area contributed by atoms with Gasteiger partial charge in [0.1, 0.15) is 0 Å². The van der Waals surface area contributed by atoms with E-state index >= 15 is 0 Å². The molecule has 2 fully saturated rings. The van der Waals surface area contributed by atoms with Gasteiger partial charge in [0, 0.05) is 50.0 Å². The summed E-state index contributed by atoms with van der Waals surface area (Å²) in [6.07, 6.45) is 10.5. The average molecular weight is 387 g/mol. The fourth-order valence-corrected chi connectivity index (χ4v) is 4.66. The molecule has 144 valence electrons. The van der Waals surface area contributed by atoms with Gasteiger partial charge >= 0.3 is 0 Å². The number of carbonyl (C=O) groups excluding carboxylic acids is 1. The molecule has 1 saturated heterocycles. The lowest BCUT2D eigenvalue weighted by molar-refractivity contribution is -0.132. The molecule has 0 spiro atoms. The van der Waals surface area contributed by atoms with Gasteiger partial charge in [-0.2, -0.15) is 0 Å². The van der Waals surface area contributed by atoms with Crippen LogP contribution in [-0.2, 0) is 11.2 Å². The van der Waals surface area contributed by atoms with E-state index in [0.717, 1.165) is 37.9 Å². The summed E-state index contributed by atoms with van der Waals surface area (Å²) in [6, 6.07) is 2.51. The largest absolute Gasteiger partial charge is 0.340 e. The number of carbonyl (C=O) groups is 1. The molecule has 0 bridgehead atoms. The highest BCUT2D eigenvalue weighted by Gasteiger charge is 2.27. The van der Waals surface area contributed by atoms with Gasteiger partial charge in [0.15, 0.2) is 5.13 Å². The zero-order chi connectivity index (χ0) is 18.5. The third kappa shape index (κ3) is 4.81. The molecule has 1 saturated carbocycles. The lowest BCUT2D eigenvalue weighted by atomic mass is 9.94. The summed E-state index contributed by atoms with van der Waals surface area (Å²) >= 11 is 1.47. The van der Waals surface area contributed by atoms with Crippen LogP contribution in [0.4, 0.5) is 11.1 Å². The molecular weight excluding hydrogens is 360 g/mol. The molecule has 1 aliphatic carbocycles. The summed E-state index contributed by atoms with van der Waals surface area (Å²) in [5.74, 6) is 0.690. The van der Waals surface area contributed by atoms with Crippen LogP contribution < -0.4 is 5.32 Å². The summed E-state index contributed by atoms with van der Waals surface area (Å²) < 4.78 is 0. The molecule has 3 heterocycles. The molecule has 1 amide bonds. The SMILES string of the molecule is O=C(Cc1csc(Nc2ncccn2)n1)N1CCN(C2CCCCC2)CC1. The van der Waals surface area contributed by atoms with Crippen LogP contribution in [0, 0.1) is 0 Å². The number of nitrogens with zero attached hydrogens (tertiary/aromatic N) is 5. The summed E-state index contributed by atoms with van der Waals surface area (Å²) in [5, 5.41) is 5.72. The second kappa shape index (κ2) is 8.75. The van der Waals surface area contributed by atoms with E-state index in [1.807, 2.05) is 10.3 Å². The molecule has 0 radical (unpaired) electrons. The number of aromatic nitrogens is 3. The molecule has 27 heavy (non-hydrogen) atoms. The second-order valence-corrected chi connectivity index (χ2v) is 8.08. The Morgan fingerprint density at radius 3 is 2.59 bits per heavy atom. The van der Waals surface area contributed by atoms with Gasteiger partial charge in [0.05, 0.1) is 12.1 Å². The topological polar surface area (TPSA) is 74.2 Å². The molecule has 4 rings (SSSR count). The number of hydrogen-bond acceptors (Lipinski definition) is 7. The molecule has 0 aromatic carbocycles. The minimum Gasteiger partial charge on any atom is -0.340 e. The molecule has 0 unspecified atom stereocenters. The first-order chi connectivity index (χ1) is 13.3. The summed E-state index contributed by atoms with van der Waals surface area (Å²) in [5.41, 5.74) is 0.804. The minimum absolute atomic E-state index is 0.172. The Bertz CT molecular complexity index is 738. The van der Waals surface area contributed by atoms with Gasteiger partial charge in [-0.15, -0.1) is 11.3 Å². The number of thiazole rings is 1. The van der Waals surface area contributed by atoms with Crippen molar-refractivity contribution in [2.24, 2.45) is 0 Å². The van der Waals surface area contributed by atoms with Crippen LogP contribution in [0.3, 0.4) is 0 Å². The van der Waals surface area contributed by atoms with Crippen molar-refractivity contribution in [3.8, 4) is 0 Å². The summed E-state index contributed by atoms with van der Waals surface area (Å²) in [6.45, 7) is 3.68. The highest BCUT2D eigenvalue weighted by atomic mass is 32.1. The van der Waals surface area contributed by atoms with E-state index in [-0.39, 0.29) is 5.91 Å². The van der Waals surface area contributed by atoms with Gasteiger partial charge in [0.25, 0.3) is 0 Å². The molecule has 2 aromatic heterocycles. The van der Waals surface area contributed by atoms with Gasteiger partial charge in [-0.05, 0) is 18.9 Å². The quantitative estimate of drug-likeness (QED) is 0.852. The first kappa shape index (κ1) is 18.3. The third-order valence-electron chi connectivity index (χ3n) is 5.43. The lowest BCUT2D eigenvalue weighted by Gasteiger charge is -2.40. The molecule has 7 nitrogen and oxygen atoms in total. The van der Waals surface area contributed by atoms with E-state index in [1.165, 1.54) is 43.4 Å². The maximum atomic E-state index is 12.6. The molecule has 1 aliphatic heterocycles. The molecule has 2 aliphatic rings. The van der Waals surface area contributed by atoms with Crippen LogP contribution in [-0.4, -0.2) is 62.9 Å². The van der Waals surface area contributed by atoms with Crippen LogP contribution in [0.25, 0.3) is 0 Å². The first-order valence-corrected chi connectivity index (χ1v) is 10.7. The highest BCUT2D eigenvalue weighted by Crippen LogP contribution is 2.24. The number of hydrogen-bond donors (Lipinski definition) is 1. The van der Waals surface area contributed by atoms with E-state index < -0.39 is 0 Å². The van der Waals surface area contributed by atoms with Crippen molar-refractivity contribution in [1.82, 2.24) is 24.8 Å². The molecule has 1 N–H and O–H groups in total. The van der Waals surface area contributed by atoms with Crippen molar-refractivity contribution >= 4 is 28.3 Å². The predicted octanol–water partition coefficient (Wildman–Crippen LogP) is 2.70. The number of anilines is 2. The average Bonchev–Trinajstić information content (AvgIpc) is 3.16. The van der Waals surface area contributed by atoms with Gasteiger partial charge < -0.3 is 10.2 Å². The maximum absolute atomic E-state index is 12.6. The van der Waals surface area contributed by atoms with Crippen molar-refractivity contribution in [2.45, 2.75) is 44.6 Å². The normalized spacial score (nSPS) is 19.2. The second-order valence-electron chi connectivity index (χ2n) is 7.23. The van der Waals surface area contributed by atoms with E-state index in [9.17, 15) is 4.79 Å². The number of amides is 1. The number of nitrogens with one attached hydrogen (secondary N) is 1. The Kier molecular flexibility index (Phi) is 5.94. The van der Waals surface area contributed by atoms with Crippen molar-refractivity contribution in [2.75, 3.05) is 31.5 Å². The van der Waals surface area contributed by atoms with E-state index in [0.29, 0.717) is 17.5 Å². The zero-order valence-corrected chi connectivity index (χ0v) is 16.3. The third-order valence-corrected chi connectivity index (χ3v) is 6.23. The first-order valence-electron chi connectivity index (χ1n) is 9.78.